The molecule has 3 rings (SSSR count). The molecule has 3 heterocycles. The summed E-state index contributed by atoms with van der Waals surface area (Å²) in [6.07, 6.45) is 4.86. The van der Waals surface area contributed by atoms with Crippen LogP contribution in [0.2, 0.25) is 0 Å². The molecule has 20 heavy (non-hydrogen) atoms. The second-order valence-electron chi connectivity index (χ2n) is 5.90. The molecule has 1 aliphatic heterocycles. The highest BCUT2D eigenvalue weighted by Crippen LogP contribution is 2.36. The standard InChI is InChI=1S/C14H17BN2O3/c1-13(2)14(3,4)20-15(19-13)10-5-6-11(17-9-10)12-16-7-8-18-12/h5-9H,1-4H3. The normalized spacial score (nSPS) is 20.3. The van der Waals surface area contributed by atoms with Gasteiger partial charge in [-0.1, -0.05) is 6.07 Å². The van der Waals surface area contributed by atoms with Gasteiger partial charge in [0.2, 0.25) is 5.89 Å². The van der Waals surface area contributed by atoms with Crippen molar-refractivity contribution in [2.24, 2.45) is 0 Å². The Kier molecular flexibility index (Phi) is 2.95. The first kappa shape index (κ1) is 13.3. The first-order valence-corrected chi connectivity index (χ1v) is 6.60. The summed E-state index contributed by atoms with van der Waals surface area (Å²) in [7, 11) is -0.397. The number of aromatic nitrogens is 2. The molecular weight excluding hydrogens is 255 g/mol. The van der Waals surface area contributed by atoms with Crippen LogP contribution in [0.4, 0.5) is 0 Å². The third-order valence-corrected chi connectivity index (χ3v) is 3.96. The number of rotatable bonds is 2. The summed E-state index contributed by atoms with van der Waals surface area (Å²) in [6.45, 7) is 8.12. The average molecular weight is 272 g/mol. The van der Waals surface area contributed by atoms with E-state index in [1.54, 1.807) is 12.4 Å². The van der Waals surface area contributed by atoms with Gasteiger partial charge in [-0.3, -0.25) is 4.98 Å². The van der Waals surface area contributed by atoms with Crippen molar-refractivity contribution in [3.05, 3.63) is 30.8 Å². The van der Waals surface area contributed by atoms with Gasteiger partial charge in [-0.25, -0.2) is 4.98 Å². The molecule has 1 aliphatic rings. The minimum absolute atomic E-state index is 0.348. The van der Waals surface area contributed by atoms with Crippen molar-refractivity contribution in [1.29, 1.82) is 0 Å². The van der Waals surface area contributed by atoms with Crippen molar-refractivity contribution in [2.45, 2.75) is 38.9 Å². The maximum atomic E-state index is 5.98. The number of nitrogens with zero attached hydrogens (tertiary/aromatic N) is 2. The predicted octanol–water partition coefficient (Wildman–Crippen LogP) is 2.04. The molecule has 0 radical (unpaired) electrons. The van der Waals surface area contributed by atoms with Gasteiger partial charge < -0.3 is 13.7 Å². The molecule has 6 heteroatoms. The SMILES string of the molecule is CC1(C)OB(c2ccc(-c3ncco3)nc2)OC1(C)C. The molecule has 0 unspecified atom stereocenters. The quantitative estimate of drug-likeness (QED) is 0.783. The van der Waals surface area contributed by atoms with E-state index in [1.165, 1.54) is 6.26 Å². The summed E-state index contributed by atoms with van der Waals surface area (Å²) in [5, 5.41) is 0. The van der Waals surface area contributed by atoms with Crippen LogP contribution in [0.5, 0.6) is 0 Å². The third kappa shape index (κ3) is 2.15. The first-order valence-electron chi connectivity index (χ1n) is 6.60. The summed E-state index contributed by atoms with van der Waals surface area (Å²) in [6, 6.07) is 3.78. The molecule has 0 N–H and O–H groups in total. The predicted molar refractivity (Wildman–Crippen MR) is 75.5 cm³/mol. The van der Waals surface area contributed by atoms with Crippen LogP contribution in [-0.2, 0) is 9.31 Å². The van der Waals surface area contributed by atoms with E-state index in [0.717, 1.165) is 5.46 Å². The van der Waals surface area contributed by atoms with Crippen LogP contribution in [0.3, 0.4) is 0 Å². The Bertz CT molecular complexity index is 577. The molecule has 0 spiro atoms. The zero-order valence-corrected chi connectivity index (χ0v) is 12.1. The Hall–Kier alpha value is -1.66. The molecule has 0 atom stereocenters. The summed E-state index contributed by atoms with van der Waals surface area (Å²) in [5.41, 5.74) is 0.881. The second kappa shape index (κ2) is 4.43. The number of pyridine rings is 1. The lowest BCUT2D eigenvalue weighted by atomic mass is 9.80. The summed E-state index contributed by atoms with van der Waals surface area (Å²) >= 11 is 0. The fourth-order valence-electron chi connectivity index (χ4n) is 2.00. The van der Waals surface area contributed by atoms with Crippen molar-refractivity contribution in [2.75, 3.05) is 0 Å². The molecule has 0 saturated carbocycles. The lowest BCUT2D eigenvalue weighted by Gasteiger charge is -2.32. The smallest absolute Gasteiger partial charge is 0.443 e. The Morgan fingerprint density at radius 1 is 1.00 bits per heavy atom. The van der Waals surface area contributed by atoms with Crippen LogP contribution in [0.1, 0.15) is 27.7 Å². The monoisotopic (exact) mass is 272 g/mol. The van der Waals surface area contributed by atoms with Gasteiger partial charge in [-0.2, -0.15) is 0 Å². The van der Waals surface area contributed by atoms with Crippen LogP contribution < -0.4 is 5.46 Å². The minimum Gasteiger partial charge on any atom is -0.443 e. The highest BCUT2D eigenvalue weighted by atomic mass is 16.7. The van der Waals surface area contributed by atoms with E-state index in [9.17, 15) is 0 Å². The fourth-order valence-corrected chi connectivity index (χ4v) is 2.00. The van der Waals surface area contributed by atoms with Gasteiger partial charge in [-0.05, 0) is 33.8 Å². The Labute approximate surface area is 118 Å². The van der Waals surface area contributed by atoms with Gasteiger partial charge >= 0.3 is 7.12 Å². The molecular formula is C14H17BN2O3. The summed E-state index contributed by atoms with van der Waals surface area (Å²) in [5.74, 6) is 0.505. The molecule has 5 nitrogen and oxygen atoms in total. The van der Waals surface area contributed by atoms with Crippen LogP contribution in [-0.4, -0.2) is 28.3 Å². The Morgan fingerprint density at radius 3 is 2.20 bits per heavy atom. The average Bonchev–Trinajstić information content (AvgIpc) is 2.97. The van der Waals surface area contributed by atoms with E-state index < -0.39 is 7.12 Å². The van der Waals surface area contributed by atoms with E-state index in [0.29, 0.717) is 11.6 Å². The highest BCUT2D eigenvalue weighted by Gasteiger charge is 2.51. The molecule has 0 aromatic carbocycles. The van der Waals surface area contributed by atoms with Crippen molar-refractivity contribution in [3.63, 3.8) is 0 Å². The molecule has 0 bridgehead atoms. The van der Waals surface area contributed by atoms with Gasteiger partial charge in [-0.15, -0.1) is 0 Å². The van der Waals surface area contributed by atoms with Crippen LogP contribution >= 0.6 is 0 Å². The van der Waals surface area contributed by atoms with Crippen molar-refractivity contribution < 1.29 is 13.7 Å². The Balaban J connectivity index is 1.83. The van der Waals surface area contributed by atoms with Gasteiger partial charge in [0.15, 0.2) is 0 Å². The van der Waals surface area contributed by atoms with Crippen molar-refractivity contribution >= 4 is 12.6 Å². The topological polar surface area (TPSA) is 57.4 Å². The highest BCUT2D eigenvalue weighted by molar-refractivity contribution is 6.62. The summed E-state index contributed by atoms with van der Waals surface area (Å²) < 4.78 is 17.2. The van der Waals surface area contributed by atoms with Crippen molar-refractivity contribution in [1.82, 2.24) is 9.97 Å². The van der Waals surface area contributed by atoms with E-state index in [2.05, 4.69) is 9.97 Å². The molecule has 104 valence electrons. The second-order valence-corrected chi connectivity index (χ2v) is 5.90. The first-order chi connectivity index (χ1) is 9.39. The molecule has 2 aromatic heterocycles. The lowest BCUT2D eigenvalue weighted by Crippen LogP contribution is -2.41. The lowest BCUT2D eigenvalue weighted by molar-refractivity contribution is 0.00578. The molecule has 2 aromatic rings. The van der Waals surface area contributed by atoms with Crippen molar-refractivity contribution in [3.8, 4) is 11.6 Å². The van der Waals surface area contributed by atoms with E-state index in [-0.39, 0.29) is 11.2 Å². The molecule has 0 amide bonds. The van der Waals surface area contributed by atoms with Gasteiger partial charge in [0.05, 0.1) is 17.4 Å². The maximum absolute atomic E-state index is 5.98. The van der Waals surface area contributed by atoms with Gasteiger partial charge in [0.25, 0.3) is 0 Å². The number of hydrogen-bond donors (Lipinski definition) is 0. The van der Waals surface area contributed by atoms with Crippen LogP contribution in [0, 0.1) is 0 Å². The van der Waals surface area contributed by atoms with Gasteiger partial charge in [0, 0.05) is 11.7 Å². The minimum atomic E-state index is -0.397. The fraction of sp³-hybridized carbons (Fsp3) is 0.429. The molecule has 1 saturated heterocycles. The molecule has 1 fully saturated rings. The maximum Gasteiger partial charge on any atom is 0.496 e. The largest absolute Gasteiger partial charge is 0.496 e. The number of oxazole rings is 1. The van der Waals surface area contributed by atoms with Crippen LogP contribution in [0.25, 0.3) is 11.6 Å². The van der Waals surface area contributed by atoms with Crippen LogP contribution in [0.15, 0.2) is 35.2 Å². The number of hydrogen-bond acceptors (Lipinski definition) is 5. The van der Waals surface area contributed by atoms with E-state index >= 15 is 0 Å². The van der Waals surface area contributed by atoms with Gasteiger partial charge in [0.1, 0.15) is 12.0 Å². The van der Waals surface area contributed by atoms with E-state index in [4.69, 9.17) is 13.7 Å². The summed E-state index contributed by atoms with van der Waals surface area (Å²) in [4.78, 5) is 8.41. The zero-order chi connectivity index (χ0) is 14.4. The molecule has 0 aliphatic carbocycles. The van der Waals surface area contributed by atoms with E-state index in [1.807, 2.05) is 39.8 Å². The zero-order valence-electron chi connectivity index (χ0n) is 12.1. The Morgan fingerprint density at radius 2 is 1.70 bits per heavy atom. The third-order valence-electron chi connectivity index (χ3n) is 3.96.